The zero-order valence-corrected chi connectivity index (χ0v) is 10.7. The highest BCUT2D eigenvalue weighted by atomic mass is 35.6. The molecule has 0 spiro atoms. The van der Waals surface area contributed by atoms with Gasteiger partial charge in [-0.1, -0.05) is 59.1 Å². The summed E-state index contributed by atoms with van der Waals surface area (Å²) >= 11 is 16.5. The van der Waals surface area contributed by atoms with E-state index in [2.05, 4.69) is 6.58 Å². The predicted octanol–water partition coefficient (Wildman–Crippen LogP) is 2.86. The molecule has 0 heterocycles. The fourth-order valence-corrected chi connectivity index (χ4v) is 4.67. The van der Waals surface area contributed by atoms with E-state index in [1.54, 1.807) is 0 Å². The summed E-state index contributed by atoms with van der Waals surface area (Å²) in [5.41, 5.74) is 0.647. The van der Waals surface area contributed by atoms with Crippen LogP contribution in [-0.4, -0.2) is 16.8 Å². The first kappa shape index (κ1) is 11.8. The fraction of sp³-hybridized carbons (Fsp3) is 0.556. The Hall–Kier alpha value is 0.300. The second kappa shape index (κ2) is 3.39. The molecule has 0 aromatic carbocycles. The minimum absolute atomic E-state index is 0.0804. The molecule has 2 rings (SSSR count). The van der Waals surface area contributed by atoms with Crippen molar-refractivity contribution in [2.24, 2.45) is 11.8 Å². The summed E-state index contributed by atoms with van der Waals surface area (Å²) in [7, 11) is -3.81. The quantitative estimate of drug-likeness (QED) is 0.549. The van der Waals surface area contributed by atoms with Gasteiger partial charge in [0, 0.05) is 0 Å². The second-order valence-electron chi connectivity index (χ2n) is 3.88. The molecule has 0 aliphatic heterocycles. The van der Waals surface area contributed by atoms with E-state index < -0.39 is 18.2 Å². The average molecular weight is 288 g/mol. The van der Waals surface area contributed by atoms with Crippen LogP contribution in [0.1, 0.15) is 6.42 Å². The van der Waals surface area contributed by atoms with Gasteiger partial charge in [-0.3, -0.25) is 0 Å². The van der Waals surface area contributed by atoms with Crippen molar-refractivity contribution in [3.63, 3.8) is 0 Å². The lowest BCUT2D eigenvalue weighted by Crippen LogP contribution is -2.35. The number of sulfone groups is 1. The van der Waals surface area contributed by atoms with Gasteiger partial charge in [-0.15, -0.1) is 0 Å². The molecule has 2 aliphatic carbocycles. The number of hydrogen-bond donors (Lipinski definition) is 0. The highest BCUT2D eigenvalue weighted by molar-refractivity contribution is 7.98. The van der Waals surface area contributed by atoms with Crippen LogP contribution in [0.5, 0.6) is 0 Å². The molecular formula is C9H9Cl3O2S. The normalized spacial score (nSPS) is 35.1. The van der Waals surface area contributed by atoms with Gasteiger partial charge in [0.2, 0.25) is 9.84 Å². The lowest BCUT2D eigenvalue weighted by atomic mass is 10.0. The molecule has 0 aromatic rings. The third-order valence-electron chi connectivity index (χ3n) is 3.00. The minimum Gasteiger partial charge on any atom is -0.224 e. The Bertz CT molecular complexity index is 433. The maximum atomic E-state index is 12.0. The van der Waals surface area contributed by atoms with Crippen LogP contribution in [0.25, 0.3) is 0 Å². The molecule has 0 aromatic heterocycles. The monoisotopic (exact) mass is 286 g/mol. The van der Waals surface area contributed by atoms with Crippen molar-refractivity contribution in [2.45, 2.75) is 14.8 Å². The van der Waals surface area contributed by atoms with Crippen LogP contribution < -0.4 is 0 Å². The zero-order valence-electron chi connectivity index (χ0n) is 7.66. The van der Waals surface area contributed by atoms with Gasteiger partial charge in [0.05, 0.1) is 5.25 Å². The largest absolute Gasteiger partial charge is 0.293 e. The highest BCUT2D eigenvalue weighted by Gasteiger charge is 2.53. The van der Waals surface area contributed by atoms with Crippen molar-refractivity contribution in [1.82, 2.24) is 0 Å². The fourth-order valence-electron chi connectivity index (χ4n) is 2.29. The SMILES string of the molecule is C=C1C2C=CC(C2)C1S(=O)(=O)C(Cl)(Cl)Cl. The molecule has 0 amide bonds. The number of allylic oxidation sites excluding steroid dienone is 2. The van der Waals surface area contributed by atoms with E-state index in [1.165, 1.54) is 0 Å². The van der Waals surface area contributed by atoms with Crippen molar-refractivity contribution in [1.29, 1.82) is 0 Å². The van der Waals surface area contributed by atoms with Crippen molar-refractivity contribution in [3.8, 4) is 0 Å². The summed E-state index contributed by atoms with van der Waals surface area (Å²) in [6, 6.07) is 0. The molecule has 6 heteroatoms. The van der Waals surface area contributed by atoms with Crippen LogP contribution in [0.3, 0.4) is 0 Å². The molecule has 3 unspecified atom stereocenters. The van der Waals surface area contributed by atoms with Gasteiger partial charge in [0.15, 0.2) is 0 Å². The summed E-state index contributed by atoms with van der Waals surface area (Å²) in [5.74, 6) is 0.0465. The van der Waals surface area contributed by atoms with Crippen LogP contribution in [-0.2, 0) is 9.84 Å². The summed E-state index contributed by atoms with van der Waals surface area (Å²) in [4.78, 5) is 0. The van der Waals surface area contributed by atoms with Gasteiger partial charge in [-0.05, 0) is 18.3 Å². The Morgan fingerprint density at radius 3 is 2.33 bits per heavy atom. The number of halogens is 3. The van der Waals surface area contributed by atoms with Crippen molar-refractivity contribution in [3.05, 3.63) is 24.3 Å². The molecule has 3 atom stereocenters. The van der Waals surface area contributed by atoms with E-state index in [1.807, 2.05) is 12.2 Å². The molecular weight excluding hydrogens is 279 g/mol. The maximum Gasteiger partial charge on any atom is 0.293 e. The third kappa shape index (κ3) is 1.64. The van der Waals surface area contributed by atoms with Crippen LogP contribution in [0.15, 0.2) is 24.3 Å². The highest BCUT2D eigenvalue weighted by Crippen LogP contribution is 2.50. The van der Waals surface area contributed by atoms with E-state index in [-0.39, 0.29) is 11.8 Å². The summed E-state index contributed by atoms with van der Waals surface area (Å²) < 4.78 is 21.7. The summed E-state index contributed by atoms with van der Waals surface area (Å²) in [6.07, 6.45) is 4.61. The first-order valence-corrected chi connectivity index (χ1v) is 7.10. The van der Waals surface area contributed by atoms with Gasteiger partial charge in [0.25, 0.3) is 3.12 Å². The Kier molecular flexibility index (Phi) is 2.66. The van der Waals surface area contributed by atoms with E-state index >= 15 is 0 Å². The van der Waals surface area contributed by atoms with Gasteiger partial charge in [-0.25, -0.2) is 8.42 Å². The molecule has 1 fully saturated rings. The van der Waals surface area contributed by atoms with Crippen LogP contribution >= 0.6 is 34.8 Å². The van der Waals surface area contributed by atoms with Crippen LogP contribution in [0, 0.1) is 11.8 Å². The smallest absolute Gasteiger partial charge is 0.224 e. The van der Waals surface area contributed by atoms with Crippen LogP contribution in [0.2, 0.25) is 0 Å². The molecule has 0 radical (unpaired) electrons. The van der Waals surface area contributed by atoms with E-state index in [4.69, 9.17) is 34.8 Å². The lowest BCUT2D eigenvalue weighted by Gasteiger charge is -2.24. The average Bonchev–Trinajstić information content (AvgIpc) is 2.60. The molecule has 0 N–H and O–H groups in total. The second-order valence-corrected chi connectivity index (χ2v) is 9.04. The minimum atomic E-state index is -3.81. The van der Waals surface area contributed by atoms with Crippen LogP contribution in [0.4, 0.5) is 0 Å². The maximum absolute atomic E-state index is 12.0. The predicted molar refractivity (Wildman–Crippen MR) is 62.9 cm³/mol. The summed E-state index contributed by atoms with van der Waals surface area (Å²) in [6.45, 7) is 3.79. The van der Waals surface area contributed by atoms with Gasteiger partial charge < -0.3 is 0 Å². The molecule has 1 saturated carbocycles. The first-order chi connectivity index (χ1) is 6.75. The van der Waals surface area contributed by atoms with Crippen molar-refractivity contribution >= 4 is 44.6 Å². The molecule has 15 heavy (non-hydrogen) atoms. The van der Waals surface area contributed by atoms with Gasteiger partial charge in [-0.2, -0.15) is 0 Å². The molecule has 2 nitrogen and oxygen atoms in total. The molecule has 84 valence electrons. The Morgan fingerprint density at radius 2 is 1.93 bits per heavy atom. The van der Waals surface area contributed by atoms with Gasteiger partial charge in [0.1, 0.15) is 0 Å². The standard InChI is InChI=1S/C9H9Cl3O2S/c1-5-6-2-3-7(4-6)8(5)15(13,14)9(10,11)12/h2-3,6-8H,1,4H2. The Labute approximate surface area is 104 Å². The Morgan fingerprint density at radius 1 is 1.33 bits per heavy atom. The van der Waals surface area contributed by atoms with Gasteiger partial charge >= 0.3 is 0 Å². The van der Waals surface area contributed by atoms with Crippen molar-refractivity contribution < 1.29 is 8.42 Å². The topological polar surface area (TPSA) is 34.1 Å². The first-order valence-electron chi connectivity index (χ1n) is 4.42. The van der Waals surface area contributed by atoms with E-state index in [0.29, 0.717) is 5.57 Å². The molecule has 2 bridgehead atoms. The van der Waals surface area contributed by atoms with E-state index in [0.717, 1.165) is 6.42 Å². The van der Waals surface area contributed by atoms with E-state index in [9.17, 15) is 8.42 Å². The number of hydrogen-bond acceptors (Lipinski definition) is 2. The van der Waals surface area contributed by atoms with Crippen molar-refractivity contribution in [2.75, 3.05) is 0 Å². The Balaban J connectivity index is 2.42. The number of rotatable bonds is 1. The molecule has 0 saturated heterocycles. The molecule has 2 aliphatic rings. The zero-order chi connectivity index (χ0) is 11.4. The number of alkyl halides is 3. The lowest BCUT2D eigenvalue weighted by molar-refractivity contribution is 0.573. The summed E-state index contributed by atoms with van der Waals surface area (Å²) in [5, 5.41) is -0.736. The number of fused-ring (bicyclic) bond motifs is 2. The third-order valence-corrected chi connectivity index (χ3v) is 6.91.